The second-order valence-corrected chi connectivity index (χ2v) is 4.31. The van der Waals surface area contributed by atoms with Crippen molar-refractivity contribution >= 4 is 17.4 Å². The van der Waals surface area contributed by atoms with Crippen LogP contribution in [-0.4, -0.2) is 10.8 Å². The normalized spacial score (nSPS) is 12.1. The highest BCUT2D eigenvalue weighted by molar-refractivity contribution is 6.30. The number of hydrogen-bond donors (Lipinski definition) is 0. The molecule has 0 saturated heterocycles. The average Bonchev–Trinajstić information content (AvgIpc) is 2.33. The second kappa shape index (κ2) is 5.11. The summed E-state index contributed by atoms with van der Waals surface area (Å²) < 4.78 is 0. The Labute approximate surface area is 105 Å². The van der Waals surface area contributed by atoms with Crippen LogP contribution < -0.4 is 0 Å². The number of pyridine rings is 1. The molecule has 3 heteroatoms. The number of Topliss-reactive ketones (excluding diaryl/α,β-unsaturated/α-hetero) is 1. The summed E-state index contributed by atoms with van der Waals surface area (Å²) in [5.41, 5.74) is 1.91. The summed E-state index contributed by atoms with van der Waals surface area (Å²) in [6.07, 6.45) is 3.39. The second-order valence-electron chi connectivity index (χ2n) is 3.88. The van der Waals surface area contributed by atoms with E-state index in [9.17, 15) is 4.79 Å². The van der Waals surface area contributed by atoms with Gasteiger partial charge in [0.05, 0.1) is 5.92 Å². The highest BCUT2D eigenvalue weighted by Gasteiger charge is 2.18. The lowest BCUT2D eigenvalue weighted by atomic mass is 9.89. The Balaban J connectivity index is 2.43. The molecular formula is C14H12ClNO. The van der Waals surface area contributed by atoms with Crippen LogP contribution in [0.3, 0.4) is 0 Å². The molecule has 0 saturated carbocycles. The van der Waals surface area contributed by atoms with E-state index >= 15 is 0 Å². The van der Waals surface area contributed by atoms with E-state index in [1.54, 1.807) is 31.5 Å². The van der Waals surface area contributed by atoms with Crippen molar-refractivity contribution in [3.63, 3.8) is 0 Å². The van der Waals surface area contributed by atoms with E-state index in [0.29, 0.717) is 5.02 Å². The topological polar surface area (TPSA) is 30.0 Å². The molecule has 1 aromatic carbocycles. The summed E-state index contributed by atoms with van der Waals surface area (Å²) in [6, 6.07) is 11.1. The molecule has 0 bridgehead atoms. The lowest BCUT2D eigenvalue weighted by molar-refractivity contribution is -0.117. The summed E-state index contributed by atoms with van der Waals surface area (Å²) in [4.78, 5) is 15.7. The van der Waals surface area contributed by atoms with Crippen molar-refractivity contribution in [1.29, 1.82) is 0 Å². The number of aromatic nitrogens is 1. The Morgan fingerprint density at radius 3 is 2.12 bits per heavy atom. The standard InChI is InChI=1S/C14H12ClNO/c1-10(17)14(12-6-8-16-9-7-12)11-2-4-13(15)5-3-11/h2-9,14H,1H3. The molecule has 1 atom stereocenters. The molecule has 2 aromatic rings. The van der Waals surface area contributed by atoms with Gasteiger partial charge in [0.25, 0.3) is 0 Å². The van der Waals surface area contributed by atoms with Gasteiger partial charge in [-0.05, 0) is 42.3 Å². The zero-order chi connectivity index (χ0) is 12.3. The SMILES string of the molecule is CC(=O)C(c1ccncc1)c1ccc(Cl)cc1. The Morgan fingerprint density at radius 2 is 1.59 bits per heavy atom. The molecule has 0 radical (unpaired) electrons. The van der Waals surface area contributed by atoms with E-state index in [1.807, 2.05) is 24.3 Å². The highest BCUT2D eigenvalue weighted by atomic mass is 35.5. The lowest BCUT2D eigenvalue weighted by Gasteiger charge is -2.14. The molecule has 0 aliphatic carbocycles. The van der Waals surface area contributed by atoms with Crippen LogP contribution in [0, 0.1) is 0 Å². The number of carbonyl (C=O) groups excluding carboxylic acids is 1. The first-order valence-electron chi connectivity index (χ1n) is 5.34. The predicted octanol–water partition coefficient (Wildman–Crippen LogP) is 3.46. The fourth-order valence-corrected chi connectivity index (χ4v) is 2.00. The van der Waals surface area contributed by atoms with Crippen LogP contribution >= 0.6 is 11.6 Å². The predicted molar refractivity (Wildman–Crippen MR) is 68.2 cm³/mol. The van der Waals surface area contributed by atoms with Gasteiger partial charge in [0.2, 0.25) is 0 Å². The Morgan fingerprint density at radius 1 is 1.06 bits per heavy atom. The van der Waals surface area contributed by atoms with E-state index in [2.05, 4.69) is 4.98 Å². The molecule has 2 rings (SSSR count). The molecule has 0 aliphatic heterocycles. The van der Waals surface area contributed by atoms with Crippen LogP contribution in [0.25, 0.3) is 0 Å². The van der Waals surface area contributed by atoms with Crippen LogP contribution in [0.15, 0.2) is 48.8 Å². The quantitative estimate of drug-likeness (QED) is 0.829. The van der Waals surface area contributed by atoms with Crippen molar-refractivity contribution in [2.75, 3.05) is 0 Å². The monoisotopic (exact) mass is 245 g/mol. The van der Waals surface area contributed by atoms with E-state index in [1.165, 1.54) is 0 Å². The first-order chi connectivity index (χ1) is 8.18. The third-order valence-electron chi connectivity index (χ3n) is 2.65. The van der Waals surface area contributed by atoms with Gasteiger partial charge in [-0.3, -0.25) is 9.78 Å². The molecule has 17 heavy (non-hydrogen) atoms. The van der Waals surface area contributed by atoms with Crippen LogP contribution in [-0.2, 0) is 4.79 Å². The highest BCUT2D eigenvalue weighted by Crippen LogP contribution is 2.26. The van der Waals surface area contributed by atoms with Crippen molar-refractivity contribution in [2.45, 2.75) is 12.8 Å². The van der Waals surface area contributed by atoms with Gasteiger partial charge in [-0.15, -0.1) is 0 Å². The number of carbonyl (C=O) groups is 1. The zero-order valence-electron chi connectivity index (χ0n) is 9.43. The van der Waals surface area contributed by atoms with Crippen molar-refractivity contribution in [3.8, 4) is 0 Å². The van der Waals surface area contributed by atoms with Gasteiger partial charge in [-0.2, -0.15) is 0 Å². The van der Waals surface area contributed by atoms with Gasteiger partial charge in [0.15, 0.2) is 0 Å². The van der Waals surface area contributed by atoms with Gasteiger partial charge in [0.1, 0.15) is 5.78 Å². The summed E-state index contributed by atoms with van der Waals surface area (Å²) >= 11 is 5.85. The molecule has 1 unspecified atom stereocenters. The summed E-state index contributed by atoms with van der Waals surface area (Å²) in [5.74, 6) is -0.131. The van der Waals surface area contributed by atoms with Crippen molar-refractivity contribution < 1.29 is 4.79 Å². The molecule has 86 valence electrons. The van der Waals surface area contributed by atoms with Crippen molar-refractivity contribution in [2.24, 2.45) is 0 Å². The van der Waals surface area contributed by atoms with E-state index < -0.39 is 0 Å². The number of halogens is 1. The molecular weight excluding hydrogens is 234 g/mol. The third-order valence-corrected chi connectivity index (χ3v) is 2.90. The van der Waals surface area contributed by atoms with Gasteiger partial charge in [0, 0.05) is 17.4 Å². The maximum absolute atomic E-state index is 11.8. The largest absolute Gasteiger partial charge is 0.299 e. The average molecular weight is 246 g/mol. The fraction of sp³-hybridized carbons (Fsp3) is 0.143. The molecule has 0 aliphatic rings. The molecule has 0 fully saturated rings. The fourth-order valence-electron chi connectivity index (χ4n) is 1.87. The maximum Gasteiger partial charge on any atom is 0.141 e. The third kappa shape index (κ3) is 2.71. The van der Waals surface area contributed by atoms with E-state index in [4.69, 9.17) is 11.6 Å². The van der Waals surface area contributed by atoms with Crippen LogP contribution in [0.4, 0.5) is 0 Å². The summed E-state index contributed by atoms with van der Waals surface area (Å²) in [7, 11) is 0. The Kier molecular flexibility index (Phi) is 3.55. The van der Waals surface area contributed by atoms with Gasteiger partial charge in [-0.1, -0.05) is 23.7 Å². The number of rotatable bonds is 3. The molecule has 1 heterocycles. The van der Waals surface area contributed by atoms with Crippen molar-refractivity contribution in [1.82, 2.24) is 4.98 Å². The molecule has 0 N–H and O–H groups in total. The molecule has 0 amide bonds. The van der Waals surface area contributed by atoms with Crippen LogP contribution in [0.1, 0.15) is 24.0 Å². The van der Waals surface area contributed by atoms with Crippen LogP contribution in [0.5, 0.6) is 0 Å². The van der Waals surface area contributed by atoms with Crippen molar-refractivity contribution in [3.05, 3.63) is 64.9 Å². The minimum Gasteiger partial charge on any atom is -0.299 e. The van der Waals surface area contributed by atoms with E-state index in [0.717, 1.165) is 11.1 Å². The molecule has 0 spiro atoms. The van der Waals surface area contributed by atoms with Gasteiger partial charge < -0.3 is 0 Å². The van der Waals surface area contributed by atoms with Gasteiger partial charge >= 0.3 is 0 Å². The number of ketones is 1. The minimum absolute atomic E-state index is 0.110. The molecule has 2 nitrogen and oxygen atoms in total. The Bertz CT molecular complexity index is 508. The zero-order valence-corrected chi connectivity index (χ0v) is 10.2. The first-order valence-corrected chi connectivity index (χ1v) is 5.72. The van der Waals surface area contributed by atoms with E-state index in [-0.39, 0.29) is 11.7 Å². The number of benzene rings is 1. The summed E-state index contributed by atoms with van der Waals surface area (Å²) in [6.45, 7) is 1.60. The van der Waals surface area contributed by atoms with Crippen LogP contribution in [0.2, 0.25) is 5.02 Å². The lowest BCUT2D eigenvalue weighted by Crippen LogP contribution is -2.10. The first kappa shape index (κ1) is 11.8. The van der Waals surface area contributed by atoms with Gasteiger partial charge in [-0.25, -0.2) is 0 Å². The number of hydrogen-bond acceptors (Lipinski definition) is 2. The minimum atomic E-state index is -0.240. The maximum atomic E-state index is 11.8. The Hall–Kier alpha value is -1.67. The smallest absolute Gasteiger partial charge is 0.141 e. The molecule has 1 aromatic heterocycles. The summed E-state index contributed by atoms with van der Waals surface area (Å²) in [5, 5.41) is 0.672. The number of nitrogens with zero attached hydrogens (tertiary/aromatic N) is 1.